The fourth-order valence-electron chi connectivity index (χ4n) is 1.48. The summed E-state index contributed by atoms with van der Waals surface area (Å²) in [4.78, 5) is 13.0. The molecule has 1 atom stereocenters. The Morgan fingerprint density at radius 2 is 2.00 bits per heavy atom. The van der Waals surface area contributed by atoms with E-state index in [4.69, 9.17) is 9.47 Å². The Hall–Kier alpha value is -1.62. The molecule has 0 saturated carbocycles. The van der Waals surface area contributed by atoms with E-state index in [0.29, 0.717) is 5.75 Å². The Balaban J connectivity index is 2.55. The average molecular weight is 309 g/mol. The van der Waals surface area contributed by atoms with E-state index in [2.05, 4.69) is 5.32 Å². The van der Waals surface area contributed by atoms with Crippen molar-refractivity contribution in [2.24, 2.45) is 0 Å². The average Bonchev–Trinajstić information content (AvgIpc) is 2.41. The van der Waals surface area contributed by atoms with Gasteiger partial charge in [-0.1, -0.05) is 18.2 Å². The zero-order valence-electron chi connectivity index (χ0n) is 13.0. The van der Waals surface area contributed by atoms with Gasteiger partial charge in [0.2, 0.25) is 0 Å². The molecule has 116 valence electrons. The minimum absolute atomic E-state index is 0.162. The highest BCUT2D eigenvalue weighted by molar-refractivity contribution is 7.99. The third-order valence-electron chi connectivity index (χ3n) is 2.32. The summed E-state index contributed by atoms with van der Waals surface area (Å²) in [5.74, 6) is 0.698. The minimum atomic E-state index is -0.508. The van der Waals surface area contributed by atoms with Gasteiger partial charge < -0.3 is 14.8 Å². The molecule has 0 bridgehead atoms. The fraction of sp³-hybridized carbons (Fsp3) is 0.438. The van der Waals surface area contributed by atoms with Gasteiger partial charge in [0.25, 0.3) is 0 Å². The molecule has 1 N–H and O–H groups in total. The smallest absolute Gasteiger partial charge is 0.408 e. The lowest BCUT2D eigenvalue weighted by atomic mass is 10.2. The first-order valence-corrected chi connectivity index (χ1v) is 7.76. The number of rotatable bonds is 6. The molecule has 21 heavy (non-hydrogen) atoms. The molecule has 0 aliphatic carbocycles. The molecule has 0 radical (unpaired) electrons. The van der Waals surface area contributed by atoms with E-state index in [0.717, 1.165) is 4.90 Å². The molecule has 0 fully saturated rings. The van der Waals surface area contributed by atoms with Gasteiger partial charge in [0, 0.05) is 10.6 Å². The molecule has 1 amide bonds. The summed E-state index contributed by atoms with van der Waals surface area (Å²) in [6.45, 7) is 5.52. The Kier molecular flexibility index (Phi) is 7.15. The highest BCUT2D eigenvalue weighted by atomic mass is 32.2. The molecule has 0 aromatic heterocycles. The highest BCUT2D eigenvalue weighted by Crippen LogP contribution is 2.18. The van der Waals surface area contributed by atoms with Crippen LogP contribution in [0.4, 0.5) is 4.79 Å². The molecule has 1 rings (SSSR count). The Bertz CT molecular complexity index is 454. The van der Waals surface area contributed by atoms with Crippen molar-refractivity contribution in [3.63, 3.8) is 0 Å². The van der Waals surface area contributed by atoms with Gasteiger partial charge in [0.1, 0.15) is 5.60 Å². The third kappa shape index (κ3) is 8.30. The van der Waals surface area contributed by atoms with Gasteiger partial charge in [0.05, 0.1) is 19.4 Å². The number of benzene rings is 1. The SMILES string of the molecule is COC=C[C@H](CSc1ccccc1)NC(=O)OC(C)(C)C. The van der Waals surface area contributed by atoms with Crippen molar-refractivity contribution in [2.75, 3.05) is 12.9 Å². The lowest BCUT2D eigenvalue weighted by Crippen LogP contribution is -2.39. The number of amides is 1. The number of ether oxygens (including phenoxy) is 2. The maximum atomic E-state index is 11.8. The van der Waals surface area contributed by atoms with Crippen LogP contribution in [0.1, 0.15) is 20.8 Å². The topological polar surface area (TPSA) is 47.6 Å². The molecule has 0 aliphatic rings. The predicted molar refractivity (Wildman–Crippen MR) is 86.5 cm³/mol. The van der Waals surface area contributed by atoms with Crippen molar-refractivity contribution >= 4 is 17.9 Å². The van der Waals surface area contributed by atoms with Crippen LogP contribution in [0, 0.1) is 0 Å². The van der Waals surface area contributed by atoms with E-state index in [1.165, 1.54) is 0 Å². The molecular weight excluding hydrogens is 286 g/mol. The van der Waals surface area contributed by atoms with Gasteiger partial charge in [0.15, 0.2) is 0 Å². The van der Waals surface area contributed by atoms with Crippen LogP contribution in [-0.2, 0) is 9.47 Å². The number of hydrogen-bond acceptors (Lipinski definition) is 4. The molecule has 1 aromatic carbocycles. The maximum absolute atomic E-state index is 11.8. The van der Waals surface area contributed by atoms with Crippen molar-refractivity contribution < 1.29 is 14.3 Å². The van der Waals surface area contributed by atoms with Crippen molar-refractivity contribution in [3.8, 4) is 0 Å². The fourth-order valence-corrected chi connectivity index (χ4v) is 2.40. The Morgan fingerprint density at radius 1 is 1.33 bits per heavy atom. The number of methoxy groups -OCH3 is 1. The molecule has 0 aliphatic heterocycles. The quantitative estimate of drug-likeness (QED) is 0.641. The summed E-state index contributed by atoms with van der Waals surface area (Å²) in [6.07, 6.45) is 2.94. The Morgan fingerprint density at radius 3 is 2.57 bits per heavy atom. The summed E-state index contributed by atoms with van der Waals surface area (Å²) < 4.78 is 10.2. The van der Waals surface area contributed by atoms with E-state index in [1.54, 1.807) is 31.2 Å². The second kappa shape index (κ2) is 8.62. The van der Waals surface area contributed by atoms with Crippen molar-refractivity contribution in [1.29, 1.82) is 0 Å². The molecule has 0 saturated heterocycles. The van der Waals surface area contributed by atoms with Crippen LogP contribution in [0.15, 0.2) is 47.6 Å². The molecule has 4 nitrogen and oxygen atoms in total. The first-order chi connectivity index (χ1) is 9.90. The molecule has 0 spiro atoms. The predicted octanol–water partition coefficient (Wildman–Crippen LogP) is 3.83. The number of carbonyl (C=O) groups is 1. The largest absolute Gasteiger partial charge is 0.505 e. The van der Waals surface area contributed by atoms with Gasteiger partial charge in [-0.15, -0.1) is 11.8 Å². The van der Waals surface area contributed by atoms with Crippen LogP contribution < -0.4 is 5.32 Å². The maximum Gasteiger partial charge on any atom is 0.408 e. The van der Waals surface area contributed by atoms with Crippen molar-refractivity contribution in [1.82, 2.24) is 5.32 Å². The summed E-state index contributed by atoms with van der Waals surface area (Å²) in [5, 5.41) is 2.83. The molecule has 0 unspecified atom stereocenters. The number of nitrogens with one attached hydrogen (secondary N) is 1. The summed E-state index contributed by atoms with van der Waals surface area (Å²) in [5.41, 5.74) is -0.508. The van der Waals surface area contributed by atoms with Crippen LogP contribution in [0.5, 0.6) is 0 Å². The van der Waals surface area contributed by atoms with E-state index in [1.807, 2.05) is 51.1 Å². The molecule has 0 heterocycles. The standard InChI is InChI=1S/C16H23NO3S/c1-16(2,3)20-15(18)17-13(10-11-19-4)12-21-14-8-6-5-7-9-14/h5-11,13H,12H2,1-4H3,(H,17,18)/t13-/m1/s1. The van der Waals surface area contributed by atoms with Gasteiger partial charge in [-0.3, -0.25) is 0 Å². The summed E-state index contributed by atoms with van der Waals surface area (Å²) in [6, 6.07) is 9.87. The van der Waals surface area contributed by atoms with E-state index >= 15 is 0 Å². The normalized spacial score (nSPS) is 13.0. The Labute approximate surface area is 130 Å². The zero-order valence-corrected chi connectivity index (χ0v) is 13.8. The first kappa shape index (κ1) is 17.4. The van der Waals surface area contributed by atoms with E-state index in [9.17, 15) is 4.79 Å². The van der Waals surface area contributed by atoms with Gasteiger partial charge in [-0.25, -0.2) is 4.79 Å². The van der Waals surface area contributed by atoms with E-state index < -0.39 is 11.7 Å². The van der Waals surface area contributed by atoms with E-state index in [-0.39, 0.29) is 6.04 Å². The summed E-state index contributed by atoms with van der Waals surface area (Å²) in [7, 11) is 1.57. The number of carbonyl (C=O) groups excluding carboxylic acids is 1. The summed E-state index contributed by atoms with van der Waals surface area (Å²) >= 11 is 1.66. The second-order valence-corrected chi connectivity index (χ2v) is 6.53. The molecular formula is C16H23NO3S. The van der Waals surface area contributed by atoms with Gasteiger partial charge in [-0.2, -0.15) is 0 Å². The second-order valence-electron chi connectivity index (χ2n) is 5.44. The van der Waals surface area contributed by atoms with Crippen molar-refractivity contribution in [2.45, 2.75) is 37.3 Å². The molecule has 5 heteroatoms. The molecule has 1 aromatic rings. The minimum Gasteiger partial charge on any atom is -0.505 e. The van der Waals surface area contributed by atoms with Crippen LogP contribution in [0.2, 0.25) is 0 Å². The monoisotopic (exact) mass is 309 g/mol. The lowest BCUT2D eigenvalue weighted by molar-refractivity contribution is 0.0518. The lowest BCUT2D eigenvalue weighted by Gasteiger charge is -2.22. The van der Waals surface area contributed by atoms with Crippen LogP contribution in [0.3, 0.4) is 0 Å². The number of thioether (sulfide) groups is 1. The van der Waals surface area contributed by atoms with Crippen molar-refractivity contribution in [3.05, 3.63) is 42.7 Å². The van der Waals surface area contributed by atoms with Crippen LogP contribution in [-0.4, -0.2) is 30.6 Å². The highest BCUT2D eigenvalue weighted by Gasteiger charge is 2.18. The number of alkyl carbamates (subject to hydrolysis) is 1. The van der Waals surface area contributed by atoms with Gasteiger partial charge in [-0.05, 0) is 39.0 Å². The third-order valence-corrected chi connectivity index (χ3v) is 3.45. The van der Waals surface area contributed by atoms with Gasteiger partial charge >= 0.3 is 6.09 Å². The number of hydrogen-bond donors (Lipinski definition) is 1. The van der Waals surface area contributed by atoms with Crippen LogP contribution >= 0.6 is 11.8 Å². The zero-order chi connectivity index (χ0) is 15.7. The first-order valence-electron chi connectivity index (χ1n) is 6.77. The van der Waals surface area contributed by atoms with Crippen LogP contribution in [0.25, 0.3) is 0 Å².